The zero-order valence-corrected chi connectivity index (χ0v) is 16.4. The Bertz CT molecular complexity index is 843. The number of hydrogen-bond acceptors (Lipinski definition) is 6. The van der Waals surface area contributed by atoms with Crippen LogP contribution in [0, 0.1) is 0 Å². The van der Waals surface area contributed by atoms with Crippen molar-refractivity contribution in [1.82, 2.24) is 5.43 Å². The van der Waals surface area contributed by atoms with Gasteiger partial charge in [0.1, 0.15) is 5.75 Å². The molecule has 148 valence electrons. The van der Waals surface area contributed by atoms with E-state index in [1.807, 2.05) is 24.3 Å². The molecule has 0 unspecified atom stereocenters. The summed E-state index contributed by atoms with van der Waals surface area (Å²) in [5.41, 5.74) is 4.90. The van der Waals surface area contributed by atoms with E-state index in [-0.39, 0.29) is 5.91 Å². The van der Waals surface area contributed by atoms with Crippen molar-refractivity contribution < 1.29 is 19.0 Å². The van der Waals surface area contributed by atoms with Crippen LogP contribution >= 0.6 is 0 Å². The van der Waals surface area contributed by atoms with Crippen LogP contribution in [0.2, 0.25) is 0 Å². The number of methoxy groups -OCH3 is 3. The summed E-state index contributed by atoms with van der Waals surface area (Å²) in [7, 11) is 4.66. The fraction of sp³-hybridized carbons (Fsp3) is 0.333. The van der Waals surface area contributed by atoms with Crippen molar-refractivity contribution in [2.45, 2.75) is 12.8 Å². The summed E-state index contributed by atoms with van der Waals surface area (Å²) < 4.78 is 15.9. The first-order valence-corrected chi connectivity index (χ1v) is 9.14. The molecule has 1 N–H and O–H groups in total. The van der Waals surface area contributed by atoms with Gasteiger partial charge in [-0.3, -0.25) is 4.79 Å². The van der Waals surface area contributed by atoms with Crippen molar-refractivity contribution in [3.63, 3.8) is 0 Å². The van der Waals surface area contributed by atoms with Crippen LogP contribution in [-0.2, 0) is 0 Å². The predicted molar refractivity (Wildman–Crippen MR) is 109 cm³/mol. The monoisotopic (exact) mass is 383 g/mol. The Morgan fingerprint density at radius 1 is 0.964 bits per heavy atom. The summed E-state index contributed by atoms with van der Waals surface area (Å²) in [6.45, 7) is 2.14. The van der Waals surface area contributed by atoms with Crippen molar-refractivity contribution in [3.8, 4) is 17.2 Å². The van der Waals surface area contributed by atoms with Gasteiger partial charge in [0.2, 0.25) is 0 Å². The molecule has 0 atom stereocenters. The fourth-order valence-corrected chi connectivity index (χ4v) is 3.18. The molecule has 0 spiro atoms. The van der Waals surface area contributed by atoms with Crippen molar-refractivity contribution in [1.29, 1.82) is 0 Å². The number of anilines is 1. The van der Waals surface area contributed by atoms with E-state index in [4.69, 9.17) is 14.2 Å². The standard InChI is InChI=1S/C21H25N3O4/c1-26-18-13-20(28-3)19(27-2)12-16(18)14-22-23-21(25)15-6-8-17(9-7-15)24-10-4-5-11-24/h6-9,12-14H,4-5,10-11H2,1-3H3,(H,23,25)/b22-14-. The van der Waals surface area contributed by atoms with E-state index >= 15 is 0 Å². The summed E-state index contributed by atoms with van der Waals surface area (Å²) in [5, 5.41) is 4.05. The molecule has 28 heavy (non-hydrogen) atoms. The summed E-state index contributed by atoms with van der Waals surface area (Å²) in [6.07, 6.45) is 3.95. The predicted octanol–water partition coefficient (Wildman–Crippen LogP) is 3.08. The molecule has 2 aromatic rings. The third-order valence-corrected chi connectivity index (χ3v) is 4.71. The molecule has 1 aliphatic heterocycles. The molecule has 0 radical (unpaired) electrons. The van der Waals surface area contributed by atoms with Crippen molar-refractivity contribution in [2.24, 2.45) is 5.10 Å². The van der Waals surface area contributed by atoms with Gasteiger partial charge in [0.25, 0.3) is 5.91 Å². The van der Waals surface area contributed by atoms with Crippen LogP contribution in [0.5, 0.6) is 17.2 Å². The number of nitrogens with zero attached hydrogens (tertiary/aromatic N) is 2. The molecule has 7 nitrogen and oxygen atoms in total. The normalized spacial score (nSPS) is 13.6. The lowest BCUT2D eigenvalue weighted by molar-refractivity contribution is 0.0955. The zero-order chi connectivity index (χ0) is 19.9. The van der Waals surface area contributed by atoms with Gasteiger partial charge >= 0.3 is 0 Å². The number of rotatable bonds is 7. The molecule has 7 heteroatoms. The average molecular weight is 383 g/mol. The van der Waals surface area contributed by atoms with Gasteiger partial charge in [0.15, 0.2) is 11.5 Å². The smallest absolute Gasteiger partial charge is 0.271 e. The van der Waals surface area contributed by atoms with Crippen molar-refractivity contribution in [3.05, 3.63) is 47.5 Å². The number of amides is 1. The molecular formula is C21H25N3O4. The first kappa shape index (κ1) is 19.5. The van der Waals surface area contributed by atoms with Gasteiger partial charge in [-0.05, 0) is 43.2 Å². The third kappa shape index (κ3) is 4.36. The van der Waals surface area contributed by atoms with Crippen LogP contribution in [0.25, 0.3) is 0 Å². The van der Waals surface area contributed by atoms with Gasteiger partial charge in [-0.25, -0.2) is 5.43 Å². The second-order valence-electron chi connectivity index (χ2n) is 6.39. The topological polar surface area (TPSA) is 72.4 Å². The highest BCUT2D eigenvalue weighted by Gasteiger charge is 2.13. The Labute approximate surface area is 164 Å². The highest BCUT2D eigenvalue weighted by atomic mass is 16.5. The number of hydrogen-bond donors (Lipinski definition) is 1. The number of carbonyl (C=O) groups is 1. The van der Waals surface area contributed by atoms with Crippen LogP contribution in [0.3, 0.4) is 0 Å². The molecule has 2 aromatic carbocycles. The summed E-state index contributed by atoms with van der Waals surface area (Å²) in [4.78, 5) is 14.7. The maximum absolute atomic E-state index is 12.3. The lowest BCUT2D eigenvalue weighted by atomic mass is 10.2. The minimum atomic E-state index is -0.274. The first-order chi connectivity index (χ1) is 13.7. The number of ether oxygens (including phenoxy) is 3. The molecule has 1 aliphatic rings. The molecule has 1 fully saturated rings. The van der Waals surface area contributed by atoms with E-state index in [9.17, 15) is 4.79 Å². The zero-order valence-electron chi connectivity index (χ0n) is 16.4. The van der Waals surface area contributed by atoms with E-state index in [1.165, 1.54) is 19.1 Å². The van der Waals surface area contributed by atoms with Gasteiger partial charge < -0.3 is 19.1 Å². The van der Waals surface area contributed by atoms with Crippen LogP contribution in [0.15, 0.2) is 41.5 Å². The molecule has 0 saturated carbocycles. The number of benzene rings is 2. The second-order valence-corrected chi connectivity index (χ2v) is 6.39. The van der Waals surface area contributed by atoms with E-state index in [0.717, 1.165) is 18.8 Å². The summed E-state index contributed by atoms with van der Waals surface area (Å²) >= 11 is 0. The Morgan fingerprint density at radius 3 is 2.18 bits per heavy atom. The number of nitrogens with one attached hydrogen (secondary N) is 1. The lowest BCUT2D eigenvalue weighted by Crippen LogP contribution is -2.19. The van der Waals surface area contributed by atoms with Crippen molar-refractivity contribution >= 4 is 17.8 Å². The SMILES string of the molecule is COc1cc(OC)c(OC)cc1/C=N\NC(=O)c1ccc(N2CCCC2)cc1. The quantitative estimate of drug-likeness (QED) is 0.588. The highest BCUT2D eigenvalue weighted by Crippen LogP contribution is 2.33. The molecular weight excluding hydrogens is 358 g/mol. The highest BCUT2D eigenvalue weighted by molar-refractivity contribution is 5.95. The molecule has 0 bridgehead atoms. The maximum Gasteiger partial charge on any atom is 0.271 e. The fourth-order valence-electron chi connectivity index (χ4n) is 3.18. The first-order valence-electron chi connectivity index (χ1n) is 9.14. The van der Waals surface area contributed by atoms with Gasteiger partial charge in [-0.15, -0.1) is 0 Å². The molecule has 3 rings (SSSR count). The van der Waals surface area contributed by atoms with Gasteiger partial charge in [0, 0.05) is 36.0 Å². The number of carbonyl (C=O) groups excluding carboxylic acids is 1. The second kappa shape index (κ2) is 9.12. The van der Waals surface area contributed by atoms with E-state index in [2.05, 4.69) is 15.4 Å². The molecule has 1 heterocycles. The number of hydrazone groups is 1. The largest absolute Gasteiger partial charge is 0.496 e. The van der Waals surface area contributed by atoms with Crippen LogP contribution in [-0.4, -0.2) is 46.5 Å². The molecule has 1 saturated heterocycles. The molecule has 0 aromatic heterocycles. The van der Waals surface area contributed by atoms with Gasteiger partial charge in [-0.2, -0.15) is 5.10 Å². The Hall–Kier alpha value is -3.22. The lowest BCUT2D eigenvalue weighted by Gasteiger charge is -2.17. The van der Waals surface area contributed by atoms with E-state index in [1.54, 1.807) is 33.5 Å². The maximum atomic E-state index is 12.3. The molecule has 0 aliphatic carbocycles. The Balaban J connectivity index is 1.67. The van der Waals surface area contributed by atoms with Gasteiger partial charge in [-0.1, -0.05) is 0 Å². The average Bonchev–Trinajstić information content (AvgIpc) is 3.28. The minimum absolute atomic E-state index is 0.274. The van der Waals surface area contributed by atoms with Crippen LogP contribution in [0.1, 0.15) is 28.8 Å². The Kier molecular flexibility index (Phi) is 6.37. The third-order valence-electron chi connectivity index (χ3n) is 4.71. The van der Waals surface area contributed by atoms with E-state index < -0.39 is 0 Å². The van der Waals surface area contributed by atoms with Crippen LogP contribution in [0.4, 0.5) is 5.69 Å². The van der Waals surface area contributed by atoms with Crippen molar-refractivity contribution in [2.75, 3.05) is 39.3 Å². The minimum Gasteiger partial charge on any atom is -0.496 e. The van der Waals surface area contributed by atoms with Crippen LogP contribution < -0.4 is 24.5 Å². The van der Waals surface area contributed by atoms with E-state index in [0.29, 0.717) is 28.4 Å². The Morgan fingerprint density at radius 2 is 1.57 bits per heavy atom. The molecule has 1 amide bonds. The summed E-state index contributed by atoms with van der Waals surface area (Å²) in [6, 6.07) is 11.0. The van der Waals surface area contributed by atoms with Gasteiger partial charge in [0.05, 0.1) is 27.5 Å². The summed E-state index contributed by atoms with van der Waals surface area (Å²) in [5.74, 6) is 1.39.